The van der Waals surface area contributed by atoms with E-state index < -0.39 is 10.9 Å². The Morgan fingerprint density at radius 3 is 2.36 bits per heavy atom. The van der Waals surface area contributed by atoms with Gasteiger partial charge < -0.3 is 0 Å². The van der Waals surface area contributed by atoms with Crippen LogP contribution >= 0.6 is 0 Å². The fourth-order valence-electron chi connectivity index (χ4n) is 1.10. The minimum Gasteiger partial charge on any atom is -0.286 e. The van der Waals surface area contributed by atoms with Crippen LogP contribution in [0.25, 0.3) is 0 Å². The molecule has 1 atom stereocenters. The molecule has 1 aromatic rings. The monoisotopic (exact) mass is 211 g/mol. The third-order valence-electron chi connectivity index (χ3n) is 2.01. The van der Waals surface area contributed by atoms with Gasteiger partial charge in [0.25, 0.3) is 0 Å². The van der Waals surface area contributed by atoms with Gasteiger partial charge in [-0.1, -0.05) is 25.1 Å². The summed E-state index contributed by atoms with van der Waals surface area (Å²) in [6, 6.07) is 7.24. The highest BCUT2D eigenvalue weighted by Crippen LogP contribution is 2.18. The molecule has 1 N–H and O–H groups in total. The molecule has 0 saturated heterocycles. The Kier molecular flexibility index (Phi) is 3.71. The van der Waals surface area contributed by atoms with Gasteiger partial charge in [0.05, 0.1) is 0 Å². The Balaban J connectivity index is 2.83. The van der Waals surface area contributed by atoms with Gasteiger partial charge in [0, 0.05) is 5.69 Å². The molecule has 0 spiro atoms. The van der Waals surface area contributed by atoms with Crippen LogP contribution in [-0.2, 0) is 10.9 Å². The average molecular weight is 211 g/mol. The van der Waals surface area contributed by atoms with E-state index >= 15 is 0 Å². The van der Waals surface area contributed by atoms with E-state index in [9.17, 15) is 8.42 Å². The van der Waals surface area contributed by atoms with Gasteiger partial charge >= 0.3 is 0 Å². The van der Waals surface area contributed by atoms with Gasteiger partial charge in [0.1, 0.15) is 0 Å². The summed E-state index contributed by atoms with van der Waals surface area (Å²) in [5, 5.41) is 0. The highest BCUT2D eigenvalue weighted by atomic mass is 32.2. The Labute approximate surface area is 85.5 Å². The molecule has 0 aliphatic heterocycles. The molecule has 1 rings (SSSR count). The van der Waals surface area contributed by atoms with Crippen molar-refractivity contribution in [1.29, 1.82) is 0 Å². The summed E-state index contributed by atoms with van der Waals surface area (Å²) >= 11 is 0. The van der Waals surface area contributed by atoms with Crippen molar-refractivity contribution in [1.82, 2.24) is 0 Å². The van der Waals surface area contributed by atoms with Gasteiger partial charge in [0.2, 0.25) is 10.9 Å². The van der Waals surface area contributed by atoms with E-state index in [-0.39, 0.29) is 5.92 Å². The van der Waals surface area contributed by atoms with Gasteiger partial charge in [0.15, 0.2) is 0 Å². The summed E-state index contributed by atoms with van der Waals surface area (Å²) in [5.74, 6) is 0.282. The molecule has 0 radical (unpaired) electrons. The Morgan fingerprint density at radius 2 is 1.93 bits per heavy atom. The first kappa shape index (κ1) is 10.8. The summed E-state index contributed by atoms with van der Waals surface area (Å²) in [6.07, 6.45) is 1.84. The molecule has 0 heterocycles. The number of nitrogens with one attached hydrogen (secondary N) is 1. The summed E-state index contributed by atoms with van der Waals surface area (Å²) in [4.78, 5) is 0. The van der Waals surface area contributed by atoms with Crippen LogP contribution in [0.5, 0.6) is 0 Å². The van der Waals surface area contributed by atoms with Gasteiger partial charge in [-0.3, -0.25) is 4.72 Å². The normalized spacial score (nSPS) is 12.4. The second kappa shape index (κ2) is 4.81. The third kappa shape index (κ3) is 2.88. The minimum atomic E-state index is -2.58. The predicted octanol–water partition coefficient (Wildman–Crippen LogP) is 1.91. The molecule has 0 aliphatic carbocycles. The standard InChI is InChI=1S/C10H13NO2S/c1-3-8(2)9-4-6-10(7-5-9)11-14(12)13/h3-8,14H,1H2,2H3,(H,11,12,13). The lowest BCUT2D eigenvalue weighted by molar-refractivity contribution is 0.619. The summed E-state index contributed by atoms with van der Waals surface area (Å²) in [7, 11) is -2.58. The van der Waals surface area contributed by atoms with E-state index in [0.717, 1.165) is 5.56 Å². The van der Waals surface area contributed by atoms with Gasteiger partial charge in [-0.05, 0) is 23.6 Å². The van der Waals surface area contributed by atoms with Crippen molar-refractivity contribution < 1.29 is 8.42 Å². The van der Waals surface area contributed by atoms with Crippen molar-refractivity contribution in [3.05, 3.63) is 42.5 Å². The molecular formula is C10H13NO2S. The zero-order valence-electron chi connectivity index (χ0n) is 7.93. The van der Waals surface area contributed by atoms with Crippen molar-refractivity contribution in [3.8, 4) is 0 Å². The van der Waals surface area contributed by atoms with E-state index in [2.05, 4.69) is 11.3 Å². The zero-order valence-corrected chi connectivity index (χ0v) is 8.83. The second-order valence-corrected chi connectivity index (χ2v) is 3.75. The SMILES string of the molecule is C=CC(C)c1ccc(N[SH](=O)=O)cc1. The Bertz CT molecular complexity index is 374. The van der Waals surface area contributed by atoms with Crippen LogP contribution in [-0.4, -0.2) is 8.42 Å². The van der Waals surface area contributed by atoms with Crippen LogP contribution in [0, 0.1) is 0 Å². The molecule has 0 saturated carbocycles. The maximum absolute atomic E-state index is 10.4. The van der Waals surface area contributed by atoms with Crippen LogP contribution in [0.2, 0.25) is 0 Å². The molecule has 0 aromatic heterocycles. The lowest BCUT2D eigenvalue weighted by Crippen LogP contribution is -1.95. The average Bonchev–Trinajstić information content (AvgIpc) is 2.17. The quantitative estimate of drug-likeness (QED) is 0.590. The lowest BCUT2D eigenvalue weighted by atomic mass is 10.0. The van der Waals surface area contributed by atoms with Crippen LogP contribution in [0.3, 0.4) is 0 Å². The number of benzene rings is 1. The van der Waals surface area contributed by atoms with Crippen molar-refractivity contribution in [2.75, 3.05) is 4.72 Å². The first-order valence-electron chi connectivity index (χ1n) is 4.27. The van der Waals surface area contributed by atoms with Crippen LogP contribution in [0.15, 0.2) is 36.9 Å². The topological polar surface area (TPSA) is 46.2 Å². The highest BCUT2D eigenvalue weighted by molar-refractivity contribution is 7.73. The fraction of sp³-hybridized carbons (Fsp3) is 0.200. The fourth-order valence-corrected chi connectivity index (χ4v) is 1.46. The van der Waals surface area contributed by atoms with Gasteiger partial charge in [-0.2, -0.15) is 0 Å². The molecule has 14 heavy (non-hydrogen) atoms. The highest BCUT2D eigenvalue weighted by Gasteiger charge is 1.99. The molecular weight excluding hydrogens is 198 g/mol. The van der Waals surface area contributed by atoms with E-state index in [1.165, 1.54) is 0 Å². The van der Waals surface area contributed by atoms with Gasteiger partial charge in [-0.25, -0.2) is 8.42 Å². The van der Waals surface area contributed by atoms with Gasteiger partial charge in [-0.15, -0.1) is 6.58 Å². The largest absolute Gasteiger partial charge is 0.286 e. The number of hydrogen-bond acceptors (Lipinski definition) is 2. The van der Waals surface area contributed by atoms with E-state index in [1.54, 1.807) is 12.1 Å². The second-order valence-electron chi connectivity index (χ2n) is 3.02. The molecule has 4 heteroatoms. The molecule has 1 unspecified atom stereocenters. The Morgan fingerprint density at radius 1 is 1.36 bits per heavy atom. The minimum absolute atomic E-state index is 0.282. The van der Waals surface area contributed by atoms with Crippen molar-refractivity contribution in [3.63, 3.8) is 0 Å². The van der Waals surface area contributed by atoms with Crippen molar-refractivity contribution in [2.45, 2.75) is 12.8 Å². The number of hydrogen-bond donors (Lipinski definition) is 2. The third-order valence-corrected chi connectivity index (χ3v) is 2.45. The number of thiol groups is 1. The van der Waals surface area contributed by atoms with Crippen LogP contribution in [0.1, 0.15) is 18.4 Å². The number of rotatable bonds is 4. The smallest absolute Gasteiger partial charge is 0.222 e. The summed E-state index contributed by atoms with van der Waals surface area (Å²) in [6.45, 7) is 5.73. The maximum Gasteiger partial charge on any atom is 0.222 e. The number of allylic oxidation sites excluding steroid dienone is 1. The van der Waals surface area contributed by atoms with E-state index in [0.29, 0.717) is 5.69 Å². The Hall–Kier alpha value is -1.29. The van der Waals surface area contributed by atoms with Crippen LogP contribution < -0.4 is 4.72 Å². The zero-order chi connectivity index (χ0) is 10.6. The molecule has 0 aliphatic rings. The van der Waals surface area contributed by atoms with Crippen molar-refractivity contribution in [2.24, 2.45) is 0 Å². The summed E-state index contributed by atoms with van der Waals surface area (Å²) in [5.41, 5.74) is 1.70. The predicted molar refractivity (Wildman–Crippen MR) is 59.0 cm³/mol. The lowest BCUT2D eigenvalue weighted by Gasteiger charge is -2.06. The molecule has 1 aromatic carbocycles. The summed E-state index contributed by atoms with van der Waals surface area (Å²) < 4.78 is 23.0. The first-order valence-corrected chi connectivity index (χ1v) is 5.45. The molecule has 0 amide bonds. The molecule has 76 valence electrons. The molecule has 0 fully saturated rings. The number of anilines is 1. The first-order chi connectivity index (χ1) is 6.63. The molecule has 3 nitrogen and oxygen atoms in total. The van der Waals surface area contributed by atoms with Crippen LogP contribution in [0.4, 0.5) is 5.69 Å². The van der Waals surface area contributed by atoms with Crippen molar-refractivity contribution >= 4 is 16.6 Å². The molecule has 0 bridgehead atoms. The van der Waals surface area contributed by atoms with E-state index in [1.807, 2.05) is 25.1 Å². The van der Waals surface area contributed by atoms with E-state index in [4.69, 9.17) is 0 Å². The maximum atomic E-state index is 10.4.